The van der Waals surface area contributed by atoms with Gasteiger partial charge < -0.3 is 15.2 Å². The molecule has 1 aliphatic rings. The van der Waals surface area contributed by atoms with E-state index in [-0.39, 0.29) is 0 Å². The molecule has 9 heavy (non-hydrogen) atoms. The Morgan fingerprint density at radius 3 is 2.44 bits per heavy atom. The molecule has 0 radical (unpaired) electrons. The lowest BCUT2D eigenvalue weighted by molar-refractivity contribution is 0.223. The maximum Gasteiger partial charge on any atom is 0.483 e. The van der Waals surface area contributed by atoms with Gasteiger partial charge >= 0.3 is 7.12 Å². The van der Waals surface area contributed by atoms with E-state index in [0.717, 1.165) is 0 Å². The number of aliphatic hydroxyl groups excluding tert-OH is 1. The first kappa shape index (κ1) is 6.80. The third-order valence-corrected chi connectivity index (χ3v) is 1.47. The van der Waals surface area contributed by atoms with Crippen molar-refractivity contribution in [3.63, 3.8) is 0 Å². The molecule has 1 aliphatic carbocycles. The van der Waals surface area contributed by atoms with Crippen LogP contribution in [0.2, 0.25) is 0 Å². The summed E-state index contributed by atoms with van der Waals surface area (Å²) in [6.45, 7) is 0. The van der Waals surface area contributed by atoms with Gasteiger partial charge in [-0.2, -0.15) is 0 Å². The summed E-state index contributed by atoms with van der Waals surface area (Å²) in [5.74, 6) is 0. The van der Waals surface area contributed by atoms with Crippen molar-refractivity contribution in [2.75, 3.05) is 0 Å². The summed E-state index contributed by atoms with van der Waals surface area (Å²) in [5.41, 5.74) is 0.530. The van der Waals surface area contributed by atoms with Crippen LogP contribution in [-0.4, -0.2) is 28.4 Å². The van der Waals surface area contributed by atoms with Crippen LogP contribution in [0.15, 0.2) is 11.5 Å². The molecule has 0 heterocycles. The number of hydrogen-bond acceptors (Lipinski definition) is 3. The molecule has 1 rings (SSSR count). The van der Waals surface area contributed by atoms with Crippen LogP contribution >= 0.6 is 0 Å². The molecule has 0 saturated carbocycles. The summed E-state index contributed by atoms with van der Waals surface area (Å²) in [6.07, 6.45) is 2.23. The predicted molar refractivity (Wildman–Crippen MR) is 33.5 cm³/mol. The minimum Gasteiger partial charge on any atom is -0.423 e. The van der Waals surface area contributed by atoms with Crippen LogP contribution in [0.1, 0.15) is 12.8 Å². The fourth-order valence-corrected chi connectivity index (χ4v) is 0.943. The first-order chi connectivity index (χ1) is 4.20. The second kappa shape index (κ2) is 2.52. The Balaban J connectivity index is 2.52. The highest BCUT2D eigenvalue weighted by Gasteiger charge is 2.21. The molecule has 0 saturated heterocycles. The van der Waals surface area contributed by atoms with E-state index in [1.807, 2.05) is 0 Å². The normalized spacial score (nSPS) is 26.1. The second-order valence-corrected chi connectivity index (χ2v) is 2.22. The summed E-state index contributed by atoms with van der Waals surface area (Å²) >= 11 is 0. The van der Waals surface area contributed by atoms with Crippen molar-refractivity contribution in [3.05, 3.63) is 11.5 Å². The quantitative estimate of drug-likeness (QED) is 0.400. The van der Waals surface area contributed by atoms with Gasteiger partial charge in [0.2, 0.25) is 0 Å². The van der Waals surface area contributed by atoms with Crippen LogP contribution in [0.4, 0.5) is 0 Å². The summed E-state index contributed by atoms with van der Waals surface area (Å²) < 4.78 is 0. The van der Waals surface area contributed by atoms with Crippen molar-refractivity contribution in [1.29, 1.82) is 0 Å². The number of rotatable bonds is 1. The van der Waals surface area contributed by atoms with E-state index in [2.05, 4.69) is 0 Å². The molecule has 0 spiro atoms. The Morgan fingerprint density at radius 1 is 1.56 bits per heavy atom. The topological polar surface area (TPSA) is 60.7 Å². The third-order valence-electron chi connectivity index (χ3n) is 1.47. The van der Waals surface area contributed by atoms with Crippen LogP contribution in [0.25, 0.3) is 0 Å². The molecular formula is C5H9BO3. The molecule has 0 fully saturated rings. The fraction of sp³-hybridized carbons (Fsp3) is 0.600. The van der Waals surface area contributed by atoms with Gasteiger partial charge in [0.25, 0.3) is 0 Å². The molecule has 0 aliphatic heterocycles. The Kier molecular flexibility index (Phi) is 1.90. The average molecular weight is 128 g/mol. The highest BCUT2D eigenvalue weighted by molar-refractivity contribution is 6.50. The fourth-order valence-electron chi connectivity index (χ4n) is 0.943. The Morgan fingerprint density at radius 2 is 2.22 bits per heavy atom. The highest BCUT2D eigenvalue weighted by Crippen LogP contribution is 2.18. The van der Waals surface area contributed by atoms with Crippen molar-refractivity contribution in [1.82, 2.24) is 0 Å². The van der Waals surface area contributed by atoms with Gasteiger partial charge in [-0.1, -0.05) is 6.08 Å². The molecule has 0 bridgehead atoms. The summed E-state index contributed by atoms with van der Waals surface area (Å²) in [5, 5.41) is 25.9. The predicted octanol–water partition coefficient (Wildman–Crippen LogP) is -0.921. The first-order valence-corrected chi connectivity index (χ1v) is 2.95. The van der Waals surface area contributed by atoms with Crippen LogP contribution in [0.5, 0.6) is 0 Å². The van der Waals surface area contributed by atoms with Gasteiger partial charge in [0.1, 0.15) is 0 Å². The third kappa shape index (κ3) is 1.54. The Hall–Kier alpha value is -0.315. The summed E-state index contributed by atoms with van der Waals surface area (Å²) in [4.78, 5) is 0. The van der Waals surface area contributed by atoms with Gasteiger partial charge in [-0.25, -0.2) is 0 Å². The van der Waals surface area contributed by atoms with E-state index >= 15 is 0 Å². The van der Waals surface area contributed by atoms with Gasteiger partial charge in [0.15, 0.2) is 0 Å². The van der Waals surface area contributed by atoms with Crippen molar-refractivity contribution in [3.8, 4) is 0 Å². The first-order valence-electron chi connectivity index (χ1n) is 2.95. The Labute approximate surface area is 53.8 Å². The molecule has 1 atom stereocenters. The number of hydrogen-bond donors (Lipinski definition) is 3. The van der Waals surface area contributed by atoms with E-state index < -0.39 is 13.2 Å². The molecule has 3 N–H and O–H groups in total. The van der Waals surface area contributed by atoms with E-state index in [0.29, 0.717) is 18.3 Å². The van der Waals surface area contributed by atoms with Crippen molar-refractivity contribution < 1.29 is 15.2 Å². The maximum absolute atomic E-state index is 8.85. The zero-order valence-electron chi connectivity index (χ0n) is 4.99. The molecule has 0 aromatic heterocycles. The smallest absolute Gasteiger partial charge is 0.423 e. The lowest BCUT2D eigenvalue weighted by Crippen LogP contribution is -2.13. The van der Waals surface area contributed by atoms with E-state index in [4.69, 9.17) is 15.2 Å². The minimum absolute atomic E-state index is 0.471. The highest BCUT2D eigenvalue weighted by atomic mass is 16.4. The zero-order valence-corrected chi connectivity index (χ0v) is 4.99. The molecule has 0 amide bonds. The van der Waals surface area contributed by atoms with Gasteiger partial charge in [0.05, 0.1) is 6.10 Å². The van der Waals surface area contributed by atoms with Crippen LogP contribution < -0.4 is 0 Å². The van der Waals surface area contributed by atoms with Gasteiger partial charge in [0, 0.05) is 0 Å². The Bertz CT molecular complexity index is 132. The van der Waals surface area contributed by atoms with Gasteiger partial charge in [-0.3, -0.25) is 0 Å². The number of allylic oxidation sites excluding steroid dienone is 1. The number of aliphatic hydroxyl groups is 1. The van der Waals surface area contributed by atoms with E-state index in [1.165, 1.54) is 6.08 Å². The minimum atomic E-state index is -1.37. The summed E-state index contributed by atoms with van der Waals surface area (Å²) in [7, 11) is -1.37. The zero-order chi connectivity index (χ0) is 6.85. The van der Waals surface area contributed by atoms with Crippen molar-refractivity contribution in [2.24, 2.45) is 0 Å². The average Bonchev–Trinajstić information content (AvgIpc) is 2.14. The van der Waals surface area contributed by atoms with Crippen LogP contribution in [0, 0.1) is 0 Å². The summed E-state index contributed by atoms with van der Waals surface area (Å²) in [6, 6.07) is 0. The molecule has 0 aromatic rings. The molecule has 1 unspecified atom stereocenters. The largest absolute Gasteiger partial charge is 0.483 e. The monoisotopic (exact) mass is 128 g/mol. The molecule has 4 heteroatoms. The lowest BCUT2D eigenvalue weighted by atomic mass is 9.79. The molecular weight excluding hydrogens is 119 g/mol. The van der Waals surface area contributed by atoms with Gasteiger partial charge in [-0.05, 0) is 18.3 Å². The van der Waals surface area contributed by atoms with Crippen molar-refractivity contribution in [2.45, 2.75) is 18.9 Å². The van der Waals surface area contributed by atoms with Crippen LogP contribution in [0.3, 0.4) is 0 Å². The molecule has 0 aromatic carbocycles. The molecule has 3 nitrogen and oxygen atoms in total. The van der Waals surface area contributed by atoms with Gasteiger partial charge in [-0.15, -0.1) is 0 Å². The second-order valence-electron chi connectivity index (χ2n) is 2.22. The standard InChI is InChI=1S/C5H9BO3/c7-5-2-1-4(3-5)6(8)9/h3,5,7-9H,1-2H2. The van der Waals surface area contributed by atoms with Crippen molar-refractivity contribution >= 4 is 7.12 Å². The maximum atomic E-state index is 8.85. The van der Waals surface area contributed by atoms with E-state index in [1.54, 1.807) is 0 Å². The SMILES string of the molecule is OB(O)C1=CC(O)CC1. The molecule has 50 valence electrons. The van der Waals surface area contributed by atoms with E-state index in [9.17, 15) is 0 Å². The lowest BCUT2D eigenvalue weighted by Gasteiger charge is -1.94. The van der Waals surface area contributed by atoms with Crippen LogP contribution in [-0.2, 0) is 0 Å².